The number of hydrogen-bond donors (Lipinski definition) is 2. The molecule has 3 nitrogen and oxygen atoms in total. The largest absolute Gasteiger partial charge is 0.488 e. The zero-order valence-electron chi connectivity index (χ0n) is 11.8. The van der Waals surface area contributed by atoms with Crippen LogP contribution in [0.2, 0.25) is 0 Å². The third kappa shape index (κ3) is 4.38. The standard InChI is InChI=1S/C14H21FN2OS2/c1-9(2)18-14-6-13(12(16)5-11(14)15)17-7-10-8-19-3-4-20-10/h5-6,9-10,17H,3-4,7-8,16H2,1-2H3. The summed E-state index contributed by atoms with van der Waals surface area (Å²) in [5.41, 5.74) is 7.04. The lowest BCUT2D eigenvalue weighted by Gasteiger charge is -2.22. The molecule has 20 heavy (non-hydrogen) atoms. The summed E-state index contributed by atoms with van der Waals surface area (Å²) in [4.78, 5) is 0. The fraction of sp³-hybridized carbons (Fsp3) is 0.571. The van der Waals surface area contributed by atoms with Gasteiger partial charge in [-0.15, -0.1) is 0 Å². The Morgan fingerprint density at radius 2 is 2.25 bits per heavy atom. The minimum absolute atomic E-state index is 0.0636. The van der Waals surface area contributed by atoms with Gasteiger partial charge in [0.2, 0.25) is 0 Å². The molecule has 1 fully saturated rings. The average Bonchev–Trinajstić information content (AvgIpc) is 2.41. The van der Waals surface area contributed by atoms with Crippen molar-refractivity contribution in [3.05, 3.63) is 17.9 Å². The van der Waals surface area contributed by atoms with Crippen LogP contribution in [0.25, 0.3) is 0 Å². The average molecular weight is 316 g/mol. The molecule has 0 aliphatic carbocycles. The van der Waals surface area contributed by atoms with Crippen molar-refractivity contribution in [3.8, 4) is 5.75 Å². The van der Waals surface area contributed by atoms with Crippen LogP contribution in [0.5, 0.6) is 5.75 Å². The summed E-state index contributed by atoms with van der Waals surface area (Å²) in [6.45, 7) is 4.59. The minimum atomic E-state index is -0.413. The number of ether oxygens (including phenoxy) is 1. The normalized spacial score (nSPS) is 19.1. The molecule has 2 rings (SSSR count). The van der Waals surface area contributed by atoms with Gasteiger partial charge in [-0.1, -0.05) is 0 Å². The van der Waals surface area contributed by atoms with Crippen LogP contribution >= 0.6 is 23.5 Å². The van der Waals surface area contributed by atoms with E-state index < -0.39 is 5.82 Å². The van der Waals surface area contributed by atoms with Gasteiger partial charge in [0.05, 0.1) is 17.5 Å². The van der Waals surface area contributed by atoms with Crippen molar-refractivity contribution < 1.29 is 9.13 Å². The molecule has 1 unspecified atom stereocenters. The molecule has 112 valence electrons. The van der Waals surface area contributed by atoms with Gasteiger partial charge < -0.3 is 15.8 Å². The lowest BCUT2D eigenvalue weighted by atomic mass is 10.2. The summed E-state index contributed by atoms with van der Waals surface area (Å²) in [6.07, 6.45) is -0.0636. The van der Waals surface area contributed by atoms with Crippen molar-refractivity contribution in [1.82, 2.24) is 0 Å². The maximum Gasteiger partial charge on any atom is 0.167 e. The highest BCUT2D eigenvalue weighted by Crippen LogP contribution is 2.30. The SMILES string of the molecule is CC(C)Oc1cc(NCC2CSCCS2)c(N)cc1F. The van der Waals surface area contributed by atoms with E-state index in [9.17, 15) is 4.39 Å². The van der Waals surface area contributed by atoms with E-state index in [1.54, 1.807) is 6.07 Å². The van der Waals surface area contributed by atoms with Crippen LogP contribution in [-0.4, -0.2) is 35.2 Å². The molecule has 1 aliphatic rings. The lowest BCUT2D eigenvalue weighted by molar-refractivity contribution is 0.231. The van der Waals surface area contributed by atoms with E-state index >= 15 is 0 Å². The van der Waals surface area contributed by atoms with Crippen molar-refractivity contribution in [1.29, 1.82) is 0 Å². The van der Waals surface area contributed by atoms with Crippen LogP contribution in [0.4, 0.5) is 15.8 Å². The van der Waals surface area contributed by atoms with Crippen LogP contribution in [0, 0.1) is 5.82 Å². The van der Waals surface area contributed by atoms with Crippen molar-refractivity contribution in [2.75, 3.05) is 34.9 Å². The van der Waals surface area contributed by atoms with Gasteiger partial charge in [-0.2, -0.15) is 23.5 Å². The highest BCUT2D eigenvalue weighted by Gasteiger charge is 2.15. The number of rotatable bonds is 5. The molecule has 0 radical (unpaired) electrons. The van der Waals surface area contributed by atoms with Gasteiger partial charge >= 0.3 is 0 Å². The third-order valence-electron chi connectivity index (χ3n) is 2.87. The van der Waals surface area contributed by atoms with Crippen LogP contribution < -0.4 is 15.8 Å². The number of benzene rings is 1. The second-order valence-corrected chi connectivity index (χ2v) is 7.54. The Bertz CT molecular complexity index is 451. The minimum Gasteiger partial charge on any atom is -0.488 e. The van der Waals surface area contributed by atoms with E-state index in [0.29, 0.717) is 10.9 Å². The van der Waals surface area contributed by atoms with E-state index in [4.69, 9.17) is 10.5 Å². The second kappa shape index (κ2) is 7.31. The fourth-order valence-electron chi connectivity index (χ4n) is 1.94. The molecule has 0 amide bonds. The molecule has 0 bridgehead atoms. The van der Waals surface area contributed by atoms with Gasteiger partial charge in [0, 0.05) is 41.2 Å². The lowest BCUT2D eigenvalue weighted by Crippen LogP contribution is -2.23. The summed E-state index contributed by atoms with van der Waals surface area (Å²) in [5.74, 6) is 3.41. The topological polar surface area (TPSA) is 47.3 Å². The smallest absolute Gasteiger partial charge is 0.167 e. The summed E-state index contributed by atoms with van der Waals surface area (Å²) in [6, 6.07) is 2.98. The Labute approximate surface area is 128 Å². The number of halogens is 1. The van der Waals surface area contributed by atoms with Crippen LogP contribution in [0.1, 0.15) is 13.8 Å². The number of anilines is 2. The van der Waals surface area contributed by atoms with Crippen LogP contribution in [0.15, 0.2) is 12.1 Å². The highest BCUT2D eigenvalue weighted by molar-refractivity contribution is 8.06. The maximum absolute atomic E-state index is 13.7. The summed E-state index contributed by atoms with van der Waals surface area (Å²) in [5, 5.41) is 3.89. The van der Waals surface area contributed by atoms with Crippen LogP contribution in [0.3, 0.4) is 0 Å². The first kappa shape index (κ1) is 15.6. The van der Waals surface area contributed by atoms with Crippen molar-refractivity contribution >= 4 is 34.9 Å². The van der Waals surface area contributed by atoms with Gasteiger partial charge in [0.15, 0.2) is 11.6 Å². The van der Waals surface area contributed by atoms with Crippen molar-refractivity contribution in [2.45, 2.75) is 25.2 Å². The first-order valence-corrected chi connectivity index (χ1v) is 8.95. The highest BCUT2D eigenvalue weighted by atomic mass is 32.2. The first-order chi connectivity index (χ1) is 9.56. The van der Waals surface area contributed by atoms with E-state index in [1.807, 2.05) is 37.4 Å². The molecule has 0 spiro atoms. The predicted octanol–water partition coefficient (Wildman–Crippen LogP) is 3.46. The van der Waals surface area contributed by atoms with Gasteiger partial charge in [-0.25, -0.2) is 4.39 Å². The Kier molecular flexibility index (Phi) is 5.72. The van der Waals surface area contributed by atoms with Crippen LogP contribution in [-0.2, 0) is 0 Å². The maximum atomic E-state index is 13.7. The summed E-state index contributed by atoms with van der Waals surface area (Å²) >= 11 is 3.96. The second-order valence-electron chi connectivity index (χ2n) is 4.99. The zero-order chi connectivity index (χ0) is 14.5. The van der Waals surface area contributed by atoms with E-state index in [1.165, 1.54) is 17.6 Å². The predicted molar refractivity (Wildman–Crippen MR) is 88.6 cm³/mol. The molecule has 6 heteroatoms. The van der Waals surface area contributed by atoms with Crippen molar-refractivity contribution in [2.24, 2.45) is 0 Å². The molecule has 0 saturated carbocycles. The third-order valence-corrected chi connectivity index (χ3v) is 5.72. The number of nitrogen functional groups attached to an aromatic ring is 1. The fourth-order valence-corrected chi connectivity index (χ4v) is 4.56. The summed E-state index contributed by atoms with van der Waals surface area (Å²) in [7, 11) is 0. The molecular formula is C14H21FN2OS2. The molecule has 0 aromatic heterocycles. The molecule has 1 aromatic rings. The quantitative estimate of drug-likeness (QED) is 0.815. The molecular weight excluding hydrogens is 295 g/mol. The van der Waals surface area contributed by atoms with Gasteiger partial charge in [-0.05, 0) is 13.8 Å². The Morgan fingerprint density at radius 1 is 1.45 bits per heavy atom. The van der Waals surface area contributed by atoms with Crippen molar-refractivity contribution in [3.63, 3.8) is 0 Å². The Hall–Kier alpha value is -0.750. The molecule has 3 N–H and O–H groups in total. The van der Waals surface area contributed by atoms with E-state index in [2.05, 4.69) is 5.32 Å². The number of nitrogens with two attached hydrogens (primary N) is 1. The van der Waals surface area contributed by atoms with E-state index in [0.717, 1.165) is 18.0 Å². The first-order valence-electron chi connectivity index (χ1n) is 6.75. The molecule has 1 saturated heterocycles. The number of thioether (sulfide) groups is 2. The van der Waals surface area contributed by atoms with E-state index in [-0.39, 0.29) is 11.9 Å². The molecule has 1 aromatic carbocycles. The van der Waals surface area contributed by atoms with Gasteiger partial charge in [0.1, 0.15) is 0 Å². The van der Waals surface area contributed by atoms with Gasteiger partial charge in [-0.3, -0.25) is 0 Å². The zero-order valence-corrected chi connectivity index (χ0v) is 13.5. The molecule has 1 aliphatic heterocycles. The Balaban J connectivity index is 2.02. The van der Waals surface area contributed by atoms with Gasteiger partial charge in [0.25, 0.3) is 0 Å². The molecule has 1 heterocycles. The number of nitrogens with one attached hydrogen (secondary N) is 1. The summed E-state index contributed by atoms with van der Waals surface area (Å²) < 4.78 is 19.2. The molecule has 1 atom stereocenters. The number of hydrogen-bond acceptors (Lipinski definition) is 5. The Morgan fingerprint density at radius 3 is 2.90 bits per heavy atom. The monoisotopic (exact) mass is 316 g/mol.